The number of hydrogen-bond donors (Lipinski definition) is 3. The highest BCUT2D eigenvalue weighted by atomic mass is 32.2. The van der Waals surface area contributed by atoms with E-state index in [0.717, 1.165) is 12.1 Å². The zero-order chi connectivity index (χ0) is 11.5. The van der Waals surface area contributed by atoms with Crippen LogP contribution in [0, 0.1) is 5.82 Å². The molecule has 4 N–H and O–H groups in total. The summed E-state index contributed by atoms with van der Waals surface area (Å²) in [6, 6.07) is 3.26. The van der Waals surface area contributed by atoms with Crippen molar-refractivity contribution in [1.29, 1.82) is 0 Å². The summed E-state index contributed by atoms with van der Waals surface area (Å²) < 4.78 is 38.1. The van der Waals surface area contributed by atoms with Gasteiger partial charge in [0.05, 0.1) is 6.61 Å². The van der Waals surface area contributed by atoms with Crippen LogP contribution < -0.4 is 10.5 Å². The molecule has 0 fully saturated rings. The number of hydrogen-bond acceptors (Lipinski definition) is 4. The number of anilines is 1. The van der Waals surface area contributed by atoms with Crippen molar-refractivity contribution >= 4 is 15.7 Å². The topological polar surface area (TPSA) is 92.4 Å². The Balaban J connectivity index is 3.09. The number of aliphatic hydroxyl groups is 1. The van der Waals surface area contributed by atoms with Crippen LogP contribution in [0.4, 0.5) is 10.1 Å². The number of nitrogens with two attached hydrogens (primary N) is 1. The third-order valence-electron chi connectivity index (χ3n) is 1.65. The third kappa shape index (κ3) is 2.88. The summed E-state index contributed by atoms with van der Waals surface area (Å²) in [5.41, 5.74) is 5.50. The first-order chi connectivity index (χ1) is 6.97. The van der Waals surface area contributed by atoms with Crippen LogP contribution in [0.25, 0.3) is 0 Å². The van der Waals surface area contributed by atoms with Gasteiger partial charge in [0.1, 0.15) is 10.7 Å². The maximum atomic E-state index is 13.2. The van der Waals surface area contributed by atoms with Crippen LogP contribution in [0.1, 0.15) is 0 Å². The number of sulfonamides is 1. The first kappa shape index (κ1) is 11.9. The van der Waals surface area contributed by atoms with Crippen molar-refractivity contribution < 1.29 is 17.9 Å². The minimum atomic E-state index is -3.94. The summed E-state index contributed by atoms with van der Waals surface area (Å²) >= 11 is 0. The van der Waals surface area contributed by atoms with Crippen LogP contribution in [-0.2, 0) is 10.0 Å². The fourth-order valence-corrected chi connectivity index (χ4v) is 2.12. The van der Waals surface area contributed by atoms with E-state index in [2.05, 4.69) is 0 Å². The molecule has 0 aliphatic rings. The second kappa shape index (κ2) is 4.56. The number of rotatable bonds is 4. The molecule has 0 aliphatic carbocycles. The lowest BCUT2D eigenvalue weighted by atomic mass is 10.3. The second-order valence-corrected chi connectivity index (χ2v) is 4.55. The summed E-state index contributed by atoms with van der Waals surface area (Å²) in [6.45, 7) is -0.528. The van der Waals surface area contributed by atoms with Crippen molar-refractivity contribution in [3.63, 3.8) is 0 Å². The van der Waals surface area contributed by atoms with Crippen LogP contribution in [0.15, 0.2) is 23.1 Å². The third-order valence-corrected chi connectivity index (χ3v) is 3.12. The van der Waals surface area contributed by atoms with E-state index < -0.39 is 20.7 Å². The molecular weight excluding hydrogens is 223 g/mol. The predicted molar refractivity (Wildman–Crippen MR) is 53.1 cm³/mol. The number of aliphatic hydroxyl groups excluding tert-OH is 1. The van der Waals surface area contributed by atoms with Gasteiger partial charge in [-0.3, -0.25) is 0 Å². The molecule has 0 bridgehead atoms. The largest absolute Gasteiger partial charge is 0.399 e. The van der Waals surface area contributed by atoms with Crippen LogP contribution >= 0.6 is 0 Å². The Morgan fingerprint density at radius 3 is 2.73 bits per heavy atom. The quantitative estimate of drug-likeness (QED) is 0.622. The molecule has 0 unspecified atom stereocenters. The first-order valence-electron chi connectivity index (χ1n) is 4.13. The Morgan fingerprint density at radius 2 is 2.13 bits per heavy atom. The zero-order valence-electron chi connectivity index (χ0n) is 7.77. The molecule has 0 spiro atoms. The minimum Gasteiger partial charge on any atom is -0.399 e. The van der Waals surface area contributed by atoms with E-state index in [1.54, 1.807) is 0 Å². The zero-order valence-corrected chi connectivity index (χ0v) is 8.59. The molecule has 84 valence electrons. The maximum Gasteiger partial charge on any atom is 0.243 e. The standard InChI is InChI=1S/C8H11FN2O3S/c9-7-2-1-6(10)5-8(7)15(13,14)11-3-4-12/h1-2,5,11-12H,3-4,10H2. The molecule has 0 aliphatic heterocycles. The Hall–Kier alpha value is -1.18. The summed E-state index contributed by atoms with van der Waals surface area (Å²) in [6.07, 6.45) is 0. The van der Waals surface area contributed by atoms with E-state index in [4.69, 9.17) is 10.8 Å². The second-order valence-electron chi connectivity index (χ2n) is 2.81. The molecule has 0 saturated heterocycles. The van der Waals surface area contributed by atoms with Crippen molar-refractivity contribution in [3.8, 4) is 0 Å². The molecule has 15 heavy (non-hydrogen) atoms. The number of nitrogen functional groups attached to an aromatic ring is 1. The van der Waals surface area contributed by atoms with Gasteiger partial charge in [-0.25, -0.2) is 17.5 Å². The van der Waals surface area contributed by atoms with Crippen LogP contribution in [0.3, 0.4) is 0 Å². The van der Waals surface area contributed by atoms with Crippen molar-refractivity contribution in [2.45, 2.75) is 4.90 Å². The van der Waals surface area contributed by atoms with E-state index in [-0.39, 0.29) is 18.8 Å². The maximum absolute atomic E-state index is 13.2. The highest BCUT2D eigenvalue weighted by Crippen LogP contribution is 2.17. The average molecular weight is 234 g/mol. The molecule has 0 amide bonds. The number of halogens is 1. The summed E-state index contributed by atoms with van der Waals surface area (Å²) in [7, 11) is -3.94. The van der Waals surface area contributed by atoms with Crippen molar-refractivity contribution in [3.05, 3.63) is 24.0 Å². The molecule has 0 aromatic heterocycles. The van der Waals surface area contributed by atoms with Gasteiger partial charge in [0.15, 0.2) is 0 Å². The molecular formula is C8H11FN2O3S. The average Bonchev–Trinajstić information content (AvgIpc) is 2.18. The Labute approximate surface area is 86.8 Å². The van der Waals surface area contributed by atoms with Crippen LogP contribution in [0.5, 0.6) is 0 Å². The molecule has 0 saturated carbocycles. The smallest absolute Gasteiger partial charge is 0.243 e. The van der Waals surface area contributed by atoms with Gasteiger partial charge in [0, 0.05) is 12.2 Å². The van der Waals surface area contributed by atoms with E-state index in [1.165, 1.54) is 6.07 Å². The molecule has 1 rings (SSSR count). The van der Waals surface area contributed by atoms with E-state index >= 15 is 0 Å². The van der Waals surface area contributed by atoms with Gasteiger partial charge in [-0.05, 0) is 18.2 Å². The van der Waals surface area contributed by atoms with Gasteiger partial charge in [0.2, 0.25) is 10.0 Å². The van der Waals surface area contributed by atoms with E-state index in [9.17, 15) is 12.8 Å². The van der Waals surface area contributed by atoms with Gasteiger partial charge in [-0.2, -0.15) is 0 Å². The highest BCUT2D eigenvalue weighted by molar-refractivity contribution is 7.89. The molecule has 1 aromatic carbocycles. The summed E-state index contributed by atoms with van der Waals surface area (Å²) in [5.74, 6) is -0.880. The van der Waals surface area contributed by atoms with Gasteiger partial charge in [0.25, 0.3) is 0 Å². The molecule has 0 radical (unpaired) electrons. The van der Waals surface area contributed by atoms with Crippen molar-refractivity contribution in [2.24, 2.45) is 0 Å². The van der Waals surface area contributed by atoms with Crippen molar-refractivity contribution in [2.75, 3.05) is 18.9 Å². The fourth-order valence-electron chi connectivity index (χ4n) is 0.984. The van der Waals surface area contributed by atoms with Gasteiger partial charge >= 0.3 is 0 Å². The molecule has 7 heteroatoms. The van der Waals surface area contributed by atoms with E-state index in [1.807, 2.05) is 4.72 Å². The van der Waals surface area contributed by atoms with Gasteiger partial charge < -0.3 is 10.8 Å². The van der Waals surface area contributed by atoms with Crippen LogP contribution in [0.2, 0.25) is 0 Å². The lowest BCUT2D eigenvalue weighted by molar-refractivity contribution is 0.301. The number of nitrogens with one attached hydrogen (secondary N) is 1. The SMILES string of the molecule is Nc1ccc(F)c(S(=O)(=O)NCCO)c1. The van der Waals surface area contributed by atoms with Crippen molar-refractivity contribution in [1.82, 2.24) is 4.72 Å². The molecule has 5 nitrogen and oxygen atoms in total. The molecule has 0 heterocycles. The fraction of sp³-hybridized carbons (Fsp3) is 0.250. The van der Waals surface area contributed by atoms with Gasteiger partial charge in [-0.15, -0.1) is 0 Å². The lowest BCUT2D eigenvalue weighted by Gasteiger charge is -2.06. The highest BCUT2D eigenvalue weighted by Gasteiger charge is 2.18. The summed E-state index contributed by atoms with van der Waals surface area (Å²) in [4.78, 5) is -0.518. The first-order valence-corrected chi connectivity index (χ1v) is 5.61. The van der Waals surface area contributed by atoms with Crippen LogP contribution in [-0.4, -0.2) is 26.7 Å². The number of benzene rings is 1. The minimum absolute atomic E-state index is 0.153. The molecule has 0 atom stereocenters. The Bertz CT molecular complexity index is 447. The lowest BCUT2D eigenvalue weighted by Crippen LogP contribution is -2.27. The Morgan fingerprint density at radius 1 is 1.47 bits per heavy atom. The van der Waals surface area contributed by atoms with Gasteiger partial charge in [-0.1, -0.05) is 0 Å². The normalized spacial score (nSPS) is 11.6. The predicted octanol–water partition coefficient (Wildman–Crippen LogP) is -0.322. The Kier molecular flexibility index (Phi) is 3.61. The monoisotopic (exact) mass is 234 g/mol. The summed E-state index contributed by atoms with van der Waals surface area (Å²) in [5, 5.41) is 8.45. The van der Waals surface area contributed by atoms with E-state index in [0.29, 0.717) is 0 Å². The molecule has 1 aromatic rings.